The Balaban J connectivity index is 0.00000144. The van der Waals surface area contributed by atoms with E-state index in [2.05, 4.69) is 36.3 Å². The van der Waals surface area contributed by atoms with E-state index in [4.69, 9.17) is 0 Å². The third kappa shape index (κ3) is 4.04. The van der Waals surface area contributed by atoms with Crippen LogP contribution in [0.5, 0.6) is 0 Å². The largest absolute Gasteiger partial charge is 0.304 e. The van der Waals surface area contributed by atoms with Gasteiger partial charge in [0, 0.05) is 42.0 Å². The molecule has 0 aliphatic carbocycles. The summed E-state index contributed by atoms with van der Waals surface area (Å²) in [6, 6.07) is 11.2. The molecule has 1 aliphatic rings. The van der Waals surface area contributed by atoms with Crippen LogP contribution in [-0.2, 0) is 0 Å². The Kier molecular flexibility index (Phi) is 6.72. The SMILES string of the molecule is CC1(C)N[C@@H](c2ccc([N+](=O)[O-])cc2)C[C@H]1c1ccncc1.Cl.Cl. The topological polar surface area (TPSA) is 68.1 Å². The van der Waals surface area contributed by atoms with Gasteiger partial charge in [-0.15, -0.1) is 24.8 Å². The number of nitro groups is 1. The summed E-state index contributed by atoms with van der Waals surface area (Å²) in [7, 11) is 0. The maximum atomic E-state index is 10.8. The molecule has 0 spiro atoms. The Labute approximate surface area is 153 Å². The minimum absolute atomic E-state index is 0. The minimum atomic E-state index is -0.366. The lowest BCUT2D eigenvalue weighted by atomic mass is 9.83. The number of benzene rings is 1. The van der Waals surface area contributed by atoms with Gasteiger partial charge in [0.2, 0.25) is 0 Å². The van der Waals surface area contributed by atoms with E-state index >= 15 is 0 Å². The first-order valence-electron chi connectivity index (χ1n) is 7.39. The van der Waals surface area contributed by atoms with Crippen molar-refractivity contribution >= 4 is 30.5 Å². The standard InChI is InChI=1S/C17H19N3O2.2ClH/c1-17(2)15(12-7-9-18-10-8-12)11-16(19-17)13-3-5-14(6-4-13)20(21)22;;/h3-10,15-16,19H,11H2,1-2H3;2*1H/t15-,16+;;/m0../s1. The zero-order valence-electron chi connectivity index (χ0n) is 13.5. The first-order valence-corrected chi connectivity index (χ1v) is 7.39. The van der Waals surface area contributed by atoms with Crippen LogP contribution in [0.3, 0.4) is 0 Å². The van der Waals surface area contributed by atoms with Crippen molar-refractivity contribution in [3.8, 4) is 0 Å². The summed E-state index contributed by atoms with van der Waals surface area (Å²) in [6.07, 6.45) is 4.62. The molecule has 1 N–H and O–H groups in total. The molecule has 5 nitrogen and oxygen atoms in total. The number of hydrogen-bond donors (Lipinski definition) is 1. The number of nitrogens with zero attached hydrogens (tertiary/aromatic N) is 2. The molecule has 0 saturated carbocycles. The lowest BCUT2D eigenvalue weighted by molar-refractivity contribution is -0.384. The Hall–Kier alpha value is -1.69. The van der Waals surface area contributed by atoms with Crippen molar-refractivity contribution in [2.45, 2.75) is 37.8 Å². The number of nitro benzene ring substituents is 1. The van der Waals surface area contributed by atoms with Crippen LogP contribution in [0.25, 0.3) is 0 Å². The third-order valence-electron chi connectivity index (χ3n) is 4.50. The van der Waals surface area contributed by atoms with E-state index in [9.17, 15) is 10.1 Å². The van der Waals surface area contributed by atoms with Crippen molar-refractivity contribution in [1.82, 2.24) is 10.3 Å². The lowest BCUT2D eigenvalue weighted by Crippen LogP contribution is -2.37. The second-order valence-corrected chi connectivity index (χ2v) is 6.34. The van der Waals surface area contributed by atoms with Crippen LogP contribution in [0.1, 0.15) is 43.4 Å². The summed E-state index contributed by atoms with van der Waals surface area (Å²) in [5.41, 5.74) is 2.46. The highest BCUT2D eigenvalue weighted by Crippen LogP contribution is 2.43. The maximum Gasteiger partial charge on any atom is 0.269 e. The zero-order valence-corrected chi connectivity index (χ0v) is 15.1. The summed E-state index contributed by atoms with van der Waals surface area (Å²) >= 11 is 0. The molecule has 0 bridgehead atoms. The van der Waals surface area contributed by atoms with Crippen LogP contribution >= 0.6 is 24.8 Å². The molecule has 0 radical (unpaired) electrons. The molecular formula is C17H21Cl2N3O2. The van der Waals surface area contributed by atoms with Crippen LogP contribution in [-0.4, -0.2) is 15.4 Å². The van der Waals surface area contributed by atoms with Gasteiger partial charge in [0.25, 0.3) is 5.69 Å². The van der Waals surface area contributed by atoms with Gasteiger partial charge in [0.05, 0.1) is 4.92 Å². The van der Waals surface area contributed by atoms with E-state index in [1.807, 2.05) is 24.5 Å². The van der Waals surface area contributed by atoms with Crippen LogP contribution < -0.4 is 5.32 Å². The minimum Gasteiger partial charge on any atom is -0.304 e. The smallest absolute Gasteiger partial charge is 0.269 e. The number of halogens is 2. The van der Waals surface area contributed by atoms with Gasteiger partial charge in [-0.2, -0.15) is 0 Å². The monoisotopic (exact) mass is 369 g/mol. The fourth-order valence-electron chi connectivity index (χ4n) is 3.34. The molecule has 2 heterocycles. The molecule has 2 atom stereocenters. The number of hydrogen-bond acceptors (Lipinski definition) is 4. The fraction of sp³-hybridized carbons (Fsp3) is 0.353. The Morgan fingerprint density at radius 1 is 1.08 bits per heavy atom. The Bertz CT molecular complexity index is 678. The molecule has 1 aromatic heterocycles. The zero-order chi connectivity index (χ0) is 15.7. The number of rotatable bonds is 3. The molecule has 0 amide bonds. The van der Waals surface area contributed by atoms with Gasteiger partial charge in [0.15, 0.2) is 0 Å². The normalized spacial score (nSPS) is 21.4. The second kappa shape index (κ2) is 7.92. The first kappa shape index (κ1) is 20.4. The van der Waals surface area contributed by atoms with Gasteiger partial charge < -0.3 is 5.32 Å². The quantitative estimate of drug-likeness (QED) is 0.641. The number of nitrogens with one attached hydrogen (secondary N) is 1. The molecule has 7 heteroatoms. The average molecular weight is 370 g/mol. The van der Waals surface area contributed by atoms with Crippen molar-refractivity contribution in [1.29, 1.82) is 0 Å². The summed E-state index contributed by atoms with van der Waals surface area (Å²) < 4.78 is 0. The van der Waals surface area contributed by atoms with Crippen LogP contribution in [0.4, 0.5) is 5.69 Å². The van der Waals surface area contributed by atoms with E-state index in [1.54, 1.807) is 12.1 Å². The predicted octanol–water partition coefficient (Wildman–Crippen LogP) is 4.43. The molecule has 3 rings (SSSR count). The van der Waals surface area contributed by atoms with Crippen LogP contribution in [0.15, 0.2) is 48.8 Å². The molecule has 1 aliphatic heterocycles. The van der Waals surface area contributed by atoms with Gasteiger partial charge in [0.1, 0.15) is 0 Å². The lowest BCUT2D eigenvalue weighted by Gasteiger charge is -2.27. The van der Waals surface area contributed by atoms with Crippen molar-refractivity contribution in [2.75, 3.05) is 0 Å². The molecule has 1 aromatic carbocycles. The molecule has 0 unspecified atom stereocenters. The van der Waals surface area contributed by atoms with Crippen molar-refractivity contribution in [2.24, 2.45) is 0 Å². The summed E-state index contributed by atoms with van der Waals surface area (Å²) in [4.78, 5) is 14.5. The Morgan fingerprint density at radius 2 is 1.67 bits per heavy atom. The molecule has 130 valence electrons. The highest BCUT2D eigenvalue weighted by atomic mass is 35.5. The van der Waals surface area contributed by atoms with Crippen LogP contribution in [0, 0.1) is 10.1 Å². The van der Waals surface area contributed by atoms with Crippen LogP contribution in [0.2, 0.25) is 0 Å². The summed E-state index contributed by atoms with van der Waals surface area (Å²) in [5, 5.41) is 14.4. The predicted molar refractivity (Wildman–Crippen MR) is 99.1 cm³/mol. The molecule has 24 heavy (non-hydrogen) atoms. The Morgan fingerprint density at radius 3 is 2.21 bits per heavy atom. The summed E-state index contributed by atoms with van der Waals surface area (Å²) in [6.45, 7) is 4.40. The van der Waals surface area contributed by atoms with Gasteiger partial charge in [-0.1, -0.05) is 12.1 Å². The molecule has 2 aromatic rings. The molecule has 1 saturated heterocycles. The van der Waals surface area contributed by atoms with E-state index in [0.29, 0.717) is 5.92 Å². The van der Waals surface area contributed by atoms with E-state index < -0.39 is 0 Å². The molecule has 1 fully saturated rings. The number of non-ortho nitro benzene ring substituents is 1. The highest BCUT2D eigenvalue weighted by Gasteiger charge is 2.41. The van der Waals surface area contributed by atoms with Gasteiger partial charge in [-0.05, 0) is 43.5 Å². The van der Waals surface area contributed by atoms with Crippen molar-refractivity contribution in [3.05, 3.63) is 70.0 Å². The summed E-state index contributed by atoms with van der Waals surface area (Å²) in [5.74, 6) is 0.385. The highest BCUT2D eigenvalue weighted by molar-refractivity contribution is 5.85. The van der Waals surface area contributed by atoms with Gasteiger partial charge >= 0.3 is 0 Å². The van der Waals surface area contributed by atoms with Crippen molar-refractivity contribution < 1.29 is 4.92 Å². The first-order chi connectivity index (χ1) is 10.5. The number of aromatic nitrogens is 1. The fourth-order valence-corrected chi connectivity index (χ4v) is 3.34. The molecular weight excluding hydrogens is 349 g/mol. The maximum absolute atomic E-state index is 10.8. The van der Waals surface area contributed by atoms with Gasteiger partial charge in [-0.3, -0.25) is 15.1 Å². The second-order valence-electron chi connectivity index (χ2n) is 6.34. The van der Waals surface area contributed by atoms with Crippen molar-refractivity contribution in [3.63, 3.8) is 0 Å². The number of pyridine rings is 1. The average Bonchev–Trinajstić information content (AvgIpc) is 2.84. The van der Waals surface area contributed by atoms with E-state index in [0.717, 1.165) is 12.0 Å². The van der Waals surface area contributed by atoms with Gasteiger partial charge in [-0.25, -0.2) is 0 Å². The van der Waals surface area contributed by atoms with E-state index in [1.165, 1.54) is 5.56 Å². The third-order valence-corrected chi connectivity index (χ3v) is 4.50. The van der Waals surface area contributed by atoms with E-state index in [-0.39, 0.29) is 47.0 Å².